The number of benzene rings is 1. The number of sulfonamides is 1. The molecule has 0 N–H and O–H groups in total. The van der Waals surface area contributed by atoms with Crippen LogP contribution in [0.5, 0.6) is 0 Å². The van der Waals surface area contributed by atoms with Crippen LogP contribution in [0.2, 0.25) is 5.02 Å². The van der Waals surface area contributed by atoms with E-state index < -0.39 is 15.8 Å². The first kappa shape index (κ1) is 19.0. The normalized spacial score (nSPS) is 30.6. The van der Waals surface area contributed by atoms with Crippen LogP contribution in [0.4, 0.5) is 4.39 Å². The van der Waals surface area contributed by atoms with Crippen molar-refractivity contribution in [3.63, 3.8) is 0 Å². The van der Waals surface area contributed by atoms with Gasteiger partial charge in [-0.05, 0) is 57.0 Å². The van der Waals surface area contributed by atoms with E-state index in [-0.39, 0.29) is 28.0 Å². The summed E-state index contributed by atoms with van der Waals surface area (Å²) in [5.41, 5.74) is 0. The van der Waals surface area contributed by atoms with E-state index in [1.54, 1.807) is 7.11 Å². The lowest BCUT2D eigenvalue weighted by Gasteiger charge is -2.40. The quantitative estimate of drug-likeness (QED) is 0.792. The number of halogens is 2. The second kappa shape index (κ2) is 7.12. The Kier molecular flexibility index (Phi) is 5.42. The molecule has 3 rings (SSSR count). The van der Waals surface area contributed by atoms with Crippen LogP contribution in [0.3, 0.4) is 0 Å². The molecule has 1 aromatic rings. The number of rotatable bonds is 4. The lowest BCUT2D eigenvalue weighted by Crippen LogP contribution is -2.47. The van der Waals surface area contributed by atoms with Crippen molar-refractivity contribution < 1.29 is 17.5 Å². The number of hydrogen-bond acceptors (Lipinski definition) is 4. The second-order valence-electron chi connectivity index (χ2n) is 7.19. The molecular formula is C17H24ClFN2O3S. The Hall–Kier alpha value is -0.730. The van der Waals surface area contributed by atoms with Gasteiger partial charge in [-0.3, -0.25) is 0 Å². The molecule has 140 valence electrons. The van der Waals surface area contributed by atoms with Gasteiger partial charge in [0, 0.05) is 26.2 Å². The molecule has 2 fully saturated rings. The van der Waals surface area contributed by atoms with Gasteiger partial charge in [-0.2, -0.15) is 4.31 Å². The monoisotopic (exact) mass is 390 g/mol. The summed E-state index contributed by atoms with van der Waals surface area (Å²) in [6.07, 6.45) is 1.87. The third-order valence-electron chi connectivity index (χ3n) is 5.55. The third kappa shape index (κ3) is 3.57. The van der Waals surface area contributed by atoms with Crippen molar-refractivity contribution in [1.82, 2.24) is 9.21 Å². The Morgan fingerprint density at radius 1 is 1.24 bits per heavy atom. The van der Waals surface area contributed by atoms with Gasteiger partial charge in [0.05, 0.1) is 16.0 Å². The van der Waals surface area contributed by atoms with Crippen LogP contribution in [0.1, 0.15) is 12.8 Å². The summed E-state index contributed by atoms with van der Waals surface area (Å²) in [6.45, 7) is 0.963. The summed E-state index contributed by atoms with van der Waals surface area (Å²) < 4.78 is 46.3. The van der Waals surface area contributed by atoms with Crippen LogP contribution < -0.4 is 0 Å². The largest absolute Gasteiger partial charge is 0.380 e. The van der Waals surface area contributed by atoms with E-state index in [0.29, 0.717) is 19.0 Å². The average Bonchev–Trinajstić information content (AvgIpc) is 2.99. The van der Waals surface area contributed by atoms with Crippen molar-refractivity contribution in [3.8, 4) is 0 Å². The fourth-order valence-electron chi connectivity index (χ4n) is 4.13. The highest BCUT2D eigenvalue weighted by molar-refractivity contribution is 7.89. The summed E-state index contributed by atoms with van der Waals surface area (Å²) in [5, 5.41) is -0.176. The Morgan fingerprint density at radius 3 is 2.44 bits per heavy atom. The minimum Gasteiger partial charge on any atom is -0.380 e. The third-order valence-corrected chi connectivity index (χ3v) is 7.66. The van der Waals surface area contributed by atoms with Crippen LogP contribution >= 0.6 is 11.6 Å². The Balaban J connectivity index is 1.81. The smallest absolute Gasteiger partial charge is 0.243 e. The van der Waals surface area contributed by atoms with Gasteiger partial charge < -0.3 is 9.64 Å². The molecule has 0 spiro atoms. The molecule has 0 radical (unpaired) electrons. The standard InChI is InChI=1S/C17H24ClFN2O3S/c1-20(2)16-6-11-9-21(10-12(11)7-17(16)24-3)25(22,23)13-4-5-15(19)14(18)8-13/h4-5,8,11-12,16-17H,6-7,9-10H2,1-3H3/t11-,12+,16-,17-/m1/s1. The summed E-state index contributed by atoms with van der Waals surface area (Å²) in [4.78, 5) is 2.20. The van der Waals surface area contributed by atoms with Gasteiger partial charge in [0.1, 0.15) is 5.82 Å². The van der Waals surface area contributed by atoms with Crippen LogP contribution in [-0.2, 0) is 14.8 Å². The van der Waals surface area contributed by atoms with E-state index in [2.05, 4.69) is 4.90 Å². The number of nitrogens with zero attached hydrogens (tertiary/aromatic N) is 2. The lowest BCUT2D eigenvalue weighted by atomic mass is 9.77. The fourth-order valence-corrected chi connectivity index (χ4v) is 5.95. The molecule has 1 aliphatic carbocycles. The molecule has 1 aromatic carbocycles. The zero-order chi connectivity index (χ0) is 18.4. The van der Waals surface area contributed by atoms with Crippen molar-refractivity contribution in [2.24, 2.45) is 11.8 Å². The molecule has 1 heterocycles. The highest BCUT2D eigenvalue weighted by atomic mass is 35.5. The van der Waals surface area contributed by atoms with Crippen LogP contribution in [-0.4, -0.2) is 64.1 Å². The Labute approximate surface area is 153 Å². The Bertz CT molecular complexity index is 743. The van der Waals surface area contributed by atoms with Gasteiger partial charge in [0.25, 0.3) is 0 Å². The molecule has 8 heteroatoms. The molecule has 4 atom stereocenters. The molecular weight excluding hydrogens is 367 g/mol. The molecule has 0 amide bonds. The highest BCUT2D eigenvalue weighted by Crippen LogP contribution is 2.40. The van der Waals surface area contributed by atoms with Gasteiger partial charge in [0.2, 0.25) is 10.0 Å². The first-order chi connectivity index (χ1) is 11.7. The molecule has 1 saturated carbocycles. The van der Waals surface area contributed by atoms with Crippen LogP contribution in [0.25, 0.3) is 0 Å². The number of ether oxygens (including phenoxy) is 1. The number of hydrogen-bond donors (Lipinski definition) is 0. The topological polar surface area (TPSA) is 49.9 Å². The van der Waals surface area contributed by atoms with Gasteiger partial charge in [0.15, 0.2) is 0 Å². The SMILES string of the molecule is CO[C@@H]1C[C@H]2CN(S(=O)(=O)c3ccc(F)c(Cl)c3)C[C@H]2C[C@H]1N(C)C. The molecule has 2 aliphatic rings. The van der Waals surface area contributed by atoms with Crippen molar-refractivity contribution in [3.05, 3.63) is 29.0 Å². The van der Waals surface area contributed by atoms with E-state index in [4.69, 9.17) is 16.3 Å². The van der Waals surface area contributed by atoms with Crippen LogP contribution in [0.15, 0.2) is 23.1 Å². The maximum atomic E-state index is 13.3. The van der Waals surface area contributed by atoms with Crippen LogP contribution in [0, 0.1) is 17.7 Å². The zero-order valence-electron chi connectivity index (χ0n) is 14.7. The van der Waals surface area contributed by atoms with E-state index in [1.807, 2.05) is 14.1 Å². The predicted molar refractivity (Wildman–Crippen MR) is 94.7 cm³/mol. The van der Waals surface area contributed by atoms with Crippen molar-refractivity contribution in [1.29, 1.82) is 0 Å². The van der Waals surface area contributed by atoms with E-state index in [1.165, 1.54) is 16.4 Å². The van der Waals surface area contributed by atoms with Crippen molar-refractivity contribution >= 4 is 21.6 Å². The van der Waals surface area contributed by atoms with Gasteiger partial charge in [-0.25, -0.2) is 12.8 Å². The molecule has 0 bridgehead atoms. The maximum absolute atomic E-state index is 13.3. The summed E-state index contributed by atoms with van der Waals surface area (Å²) in [5.74, 6) is -0.0243. The molecule has 0 unspecified atom stereocenters. The summed E-state index contributed by atoms with van der Waals surface area (Å²) in [7, 11) is 2.10. The van der Waals surface area contributed by atoms with Gasteiger partial charge in [-0.1, -0.05) is 11.6 Å². The fraction of sp³-hybridized carbons (Fsp3) is 0.647. The molecule has 5 nitrogen and oxygen atoms in total. The number of fused-ring (bicyclic) bond motifs is 1. The second-order valence-corrected chi connectivity index (χ2v) is 9.54. The van der Waals surface area contributed by atoms with Crippen molar-refractivity contribution in [2.75, 3.05) is 34.3 Å². The maximum Gasteiger partial charge on any atom is 0.243 e. The molecule has 0 aromatic heterocycles. The predicted octanol–water partition coefficient (Wildman–Crippen LogP) is 2.45. The molecule has 1 aliphatic heterocycles. The van der Waals surface area contributed by atoms with Gasteiger partial charge in [-0.15, -0.1) is 0 Å². The summed E-state index contributed by atoms with van der Waals surface area (Å²) >= 11 is 5.76. The highest BCUT2D eigenvalue weighted by Gasteiger charge is 2.46. The van der Waals surface area contributed by atoms with E-state index in [9.17, 15) is 12.8 Å². The molecule has 25 heavy (non-hydrogen) atoms. The zero-order valence-corrected chi connectivity index (χ0v) is 16.2. The minimum atomic E-state index is -3.67. The van der Waals surface area contributed by atoms with Gasteiger partial charge >= 0.3 is 0 Å². The molecule has 1 saturated heterocycles. The average molecular weight is 391 g/mol. The minimum absolute atomic E-state index is 0.0463. The van der Waals surface area contributed by atoms with Crippen molar-refractivity contribution in [2.45, 2.75) is 29.9 Å². The first-order valence-electron chi connectivity index (χ1n) is 8.38. The first-order valence-corrected chi connectivity index (χ1v) is 10.2. The van der Waals surface area contributed by atoms with E-state index in [0.717, 1.165) is 18.9 Å². The lowest BCUT2D eigenvalue weighted by molar-refractivity contribution is -0.0209. The number of methoxy groups -OCH3 is 1. The Morgan fingerprint density at radius 2 is 1.88 bits per heavy atom. The number of likely N-dealkylation sites (N-methyl/N-ethyl adjacent to an activating group) is 1. The summed E-state index contributed by atoms with van der Waals surface area (Å²) in [6, 6.07) is 3.85. The van der Waals surface area contributed by atoms with E-state index >= 15 is 0 Å².